The van der Waals surface area contributed by atoms with E-state index in [9.17, 15) is 13.6 Å². The Bertz CT molecular complexity index is 596. The highest BCUT2D eigenvalue weighted by Crippen LogP contribution is 2.64. The summed E-state index contributed by atoms with van der Waals surface area (Å²) >= 11 is 0. The third kappa shape index (κ3) is 2.51. The van der Waals surface area contributed by atoms with Crippen LogP contribution in [0.15, 0.2) is 18.2 Å². The number of ether oxygens (including phenoxy) is 1. The molecule has 1 aromatic carbocycles. The van der Waals surface area contributed by atoms with Crippen LogP contribution in [0.5, 0.6) is 0 Å². The maximum atomic E-state index is 14.2. The monoisotopic (exact) mass is 309 g/mol. The Balaban J connectivity index is 1.77. The van der Waals surface area contributed by atoms with Gasteiger partial charge in [-0.3, -0.25) is 4.79 Å². The number of hydrogen-bond acceptors (Lipinski definition) is 2. The van der Waals surface area contributed by atoms with Crippen LogP contribution in [0.1, 0.15) is 32.3 Å². The Labute approximate surface area is 129 Å². The van der Waals surface area contributed by atoms with Crippen molar-refractivity contribution >= 4 is 5.91 Å². The third-order valence-electron chi connectivity index (χ3n) is 5.23. The fourth-order valence-electron chi connectivity index (χ4n) is 3.57. The molecule has 2 unspecified atom stereocenters. The summed E-state index contributed by atoms with van der Waals surface area (Å²) in [6.07, 6.45) is 1.50. The summed E-state index contributed by atoms with van der Waals surface area (Å²) in [7, 11) is 0. The van der Waals surface area contributed by atoms with Crippen molar-refractivity contribution in [1.29, 1.82) is 0 Å². The van der Waals surface area contributed by atoms with Crippen molar-refractivity contribution in [1.82, 2.24) is 5.32 Å². The van der Waals surface area contributed by atoms with E-state index in [2.05, 4.69) is 5.32 Å². The van der Waals surface area contributed by atoms with E-state index in [4.69, 9.17) is 4.74 Å². The molecule has 0 radical (unpaired) electrons. The Morgan fingerprint density at radius 1 is 1.41 bits per heavy atom. The molecule has 1 saturated carbocycles. The van der Waals surface area contributed by atoms with Gasteiger partial charge in [0.25, 0.3) is 0 Å². The maximum absolute atomic E-state index is 14.2. The van der Waals surface area contributed by atoms with Crippen molar-refractivity contribution in [2.24, 2.45) is 11.3 Å². The van der Waals surface area contributed by atoms with Gasteiger partial charge in [0.1, 0.15) is 11.6 Å². The minimum absolute atomic E-state index is 0.0397. The molecule has 2 aliphatic rings. The molecule has 1 N–H and O–H groups in total. The van der Waals surface area contributed by atoms with Gasteiger partial charge in [-0.05, 0) is 29.9 Å². The molecule has 5 heteroatoms. The fourth-order valence-corrected chi connectivity index (χ4v) is 3.57. The van der Waals surface area contributed by atoms with Gasteiger partial charge < -0.3 is 10.1 Å². The lowest BCUT2D eigenvalue weighted by atomic mass is 9.87. The van der Waals surface area contributed by atoms with Crippen LogP contribution in [0.2, 0.25) is 0 Å². The molecule has 0 bridgehead atoms. The summed E-state index contributed by atoms with van der Waals surface area (Å²) in [6, 6.07) is 3.70. The van der Waals surface area contributed by atoms with Crippen LogP contribution in [0.3, 0.4) is 0 Å². The van der Waals surface area contributed by atoms with Gasteiger partial charge in [0.15, 0.2) is 0 Å². The lowest BCUT2D eigenvalue weighted by Crippen LogP contribution is -2.38. The topological polar surface area (TPSA) is 38.3 Å². The summed E-state index contributed by atoms with van der Waals surface area (Å²) < 4.78 is 32.5. The minimum Gasteiger partial charge on any atom is -0.381 e. The van der Waals surface area contributed by atoms with Crippen molar-refractivity contribution in [3.8, 4) is 0 Å². The van der Waals surface area contributed by atoms with E-state index in [1.807, 2.05) is 13.8 Å². The summed E-state index contributed by atoms with van der Waals surface area (Å²) in [4.78, 5) is 12.2. The molecule has 1 aliphatic carbocycles. The smallest absolute Gasteiger partial charge is 0.225 e. The molecule has 2 fully saturated rings. The first-order valence-electron chi connectivity index (χ1n) is 7.67. The van der Waals surface area contributed by atoms with E-state index in [0.717, 1.165) is 18.9 Å². The van der Waals surface area contributed by atoms with Crippen molar-refractivity contribution in [3.63, 3.8) is 0 Å². The van der Waals surface area contributed by atoms with Gasteiger partial charge in [0, 0.05) is 24.6 Å². The van der Waals surface area contributed by atoms with Gasteiger partial charge in [0.05, 0.1) is 12.5 Å². The Kier molecular flexibility index (Phi) is 3.71. The standard InChI is InChI=1S/C17H21F2NO2/c1-16(2)9-17(16,13-4-3-12(18)7-14(13)19)10-20-15(21)11-5-6-22-8-11/h3-4,7,11H,5-6,8-10H2,1-2H3,(H,20,21). The highest BCUT2D eigenvalue weighted by molar-refractivity contribution is 5.79. The van der Waals surface area contributed by atoms with Crippen LogP contribution in [-0.4, -0.2) is 25.7 Å². The molecule has 1 aliphatic heterocycles. The maximum Gasteiger partial charge on any atom is 0.225 e. The molecule has 3 rings (SSSR count). The van der Waals surface area contributed by atoms with Crippen LogP contribution in [0.4, 0.5) is 8.78 Å². The second kappa shape index (κ2) is 5.30. The number of benzene rings is 1. The Morgan fingerprint density at radius 3 is 2.68 bits per heavy atom. The van der Waals surface area contributed by atoms with Crippen molar-refractivity contribution in [2.75, 3.05) is 19.8 Å². The van der Waals surface area contributed by atoms with Crippen LogP contribution < -0.4 is 5.32 Å². The Morgan fingerprint density at radius 2 is 2.14 bits per heavy atom. The second-order valence-corrected chi connectivity index (χ2v) is 7.05. The molecule has 22 heavy (non-hydrogen) atoms. The third-order valence-corrected chi connectivity index (χ3v) is 5.23. The predicted molar refractivity (Wildman–Crippen MR) is 78.4 cm³/mol. The quantitative estimate of drug-likeness (QED) is 0.929. The molecule has 1 heterocycles. The molecule has 3 nitrogen and oxygen atoms in total. The summed E-state index contributed by atoms with van der Waals surface area (Å²) in [6.45, 7) is 5.52. The van der Waals surface area contributed by atoms with Crippen molar-refractivity contribution in [2.45, 2.75) is 32.1 Å². The number of carbonyl (C=O) groups is 1. The van der Waals surface area contributed by atoms with Gasteiger partial charge in [-0.15, -0.1) is 0 Å². The van der Waals surface area contributed by atoms with E-state index < -0.39 is 17.0 Å². The number of carbonyl (C=O) groups excluding carboxylic acids is 1. The van der Waals surface area contributed by atoms with Gasteiger partial charge in [0.2, 0.25) is 5.91 Å². The first-order chi connectivity index (χ1) is 10.4. The average Bonchev–Trinajstić information content (AvgIpc) is 2.81. The first-order valence-corrected chi connectivity index (χ1v) is 7.67. The molecule has 0 aromatic heterocycles. The van der Waals surface area contributed by atoms with Crippen molar-refractivity contribution in [3.05, 3.63) is 35.4 Å². The molecule has 120 valence electrons. The van der Waals surface area contributed by atoms with Crippen LogP contribution in [-0.2, 0) is 14.9 Å². The van der Waals surface area contributed by atoms with Gasteiger partial charge >= 0.3 is 0 Å². The number of nitrogens with one attached hydrogen (secondary N) is 1. The zero-order valence-corrected chi connectivity index (χ0v) is 12.9. The average molecular weight is 309 g/mol. The molecule has 2 atom stereocenters. The highest BCUT2D eigenvalue weighted by Gasteiger charge is 2.62. The number of rotatable bonds is 4. The molecule has 1 saturated heterocycles. The van der Waals surface area contributed by atoms with Crippen molar-refractivity contribution < 1.29 is 18.3 Å². The summed E-state index contributed by atoms with van der Waals surface area (Å²) in [5, 5.41) is 2.94. The first kappa shape index (κ1) is 15.4. The van der Waals surface area contributed by atoms with E-state index in [0.29, 0.717) is 25.3 Å². The highest BCUT2D eigenvalue weighted by atomic mass is 19.1. The zero-order chi connectivity index (χ0) is 16.0. The lowest BCUT2D eigenvalue weighted by molar-refractivity contribution is -0.125. The Hall–Kier alpha value is -1.49. The van der Waals surface area contributed by atoms with E-state index >= 15 is 0 Å². The minimum atomic E-state index is -0.581. The molecule has 0 spiro atoms. The normalized spacial score (nSPS) is 29.4. The van der Waals surface area contributed by atoms with Crippen LogP contribution in [0, 0.1) is 23.0 Å². The summed E-state index contributed by atoms with van der Waals surface area (Å²) in [5.41, 5.74) is -0.0905. The van der Waals surface area contributed by atoms with Gasteiger partial charge in [-0.2, -0.15) is 0 Å². The fraction of sp³-hybridized carbons (Fsp3) is 0.588. The summed E-state index contributed by atoms with van der Waals surface area (Å²) in [5.74, 6) is -1.27. The lowest BCUT2D eigenvalue weighted by Gasteiger charge is -2.23. The number of hydrogen-bond donors (Lipinski definition) is 1. The molecular formula is C17H21F2NO2. The second-order valence-electron chi connectivity index (χ2n) is 7.05. The SMILES string of the molecule is CC1(C)CC1(CNC(=O)C1CCOC1)c1ccc(F)cc1F. The van der Waals surface area contributed by atoms with Crippen LogP contribution >= 0.6 is 0 Å². The van der Waals surface area contributed by atoms with E-state index in [-0.39, 0.29) is 17.2 Å². The van der Waals surface area contributed by atoms with E-state index in [1.165, 1.54) is 12.1 Å². The van der Waals surface area contributed by atoms with Gasteiger partial charge in [-0.1, -0.05) is 19.9 Å². The zero-order valence-electron chi connectivity index (χ0n) is 12.9. The largest absolute Gasteiger partial charge is 0.381 e. The number of amides is 1. The van der Waals surface area contributed by atoms with Crippen LogP contribution in [0.25, 0.3) is 0 Å². The number of halogens is 2. The molecule has 1 aromatic rings. The molecular weight excluding hydrogens is 288 g/mol. The van der Waals surface area contributed by atoms with E-state index in [1.54, 1.807) is 0 Å². The molecule has 1 amide bonds. The van der Waals surface area contributed by atoms with Gasteiger partial charge in [-0.25, -0.2) is 8.78 Å². The predicted octanol–water partition coefficient (Wildman–Crippen LogP) is 2.79.